The second-order valence-corrected chi connectivity index (χ2v) is 4.64. The number of nitrogen functional groups attached to an aromatic ring is 1. The van der Waals surface area contributed by atoms with Crippen molar-refractivity contribution in [1.29, 1.82) is 0 Å². The number of nitrogens with two attached hydrogens (primary N) is 1. The first-order valence-electron chi connectivity index (χ1n) is 6.38. The van der Waals surface area contributed by atoms with Crippen LogP contribution in [0.2, 0.25) is 0 Å². The van der Waals surface area contributed by atoms with Crippen molar-refractivity contribution < 1.29 is 9.47 Å². The molecule has 7 nitrogen and oxygen atoms in total. The Morgan fingerprint density at radius 2 is 2.11 bits per heavy atom. The molecule has 1 fully saturated rings. The van der Waals surface area contributed by atoms with Crippen molar-refractivity contribution in [2.75, 3.05) is 25.0 Å². The summed E-state index contributed by atoms with van der Waals surface area (Å²) in [6.07, 6.45) is 3.48. The van der Waals surface area contributed by atoms with Crippen LogP contribution in [-0.2, 0) is 16.1 Å². The van der Waals surface area contributed by atoms with Gasteiger partial charge < -0.3 is 20.2 Å². The summed E-state index contributed by atoms with van der Waals surface area (Å²) in [4.78, 5) is 8.61. The number of aromatic nitrogens is 2. The van der Waals surface area contributed by atoms with E-state index < -0.39 is 0 Å². The standard InChI is InChI=1S/C12H21N5O2/c1-18-7-12-15-10(6-11(16-12)17-13)14-8-3-4-9(5-8)19-2/h6,8-9H,3-5,7,13H2,1-2H3,(H2,14,15,16,17). The SMILES string of the molecule is COCc1nc(NN)cc(NC2CCC(OC)C2)n1. The van der Waals surface area contributed by atoms with E-state index in [2.05, 4.69) is 20.7 Å². The molecule has 1 aromatic heterocycles. The molecule has 0 spiro atoms. The van der Waals surface area contributed by atoms with Gasteiger partial charge in [-0.3, -0.25) is 0 Å². The van der Waals surface area contributed by atoms with Crippen LogP contribution in [0.5, 0.6) is 0 Å². The molecular weight excluding hydrogens is 246 g/mol. The van der Waals surface area contributed by atoms with Gasteiger partial charge in [0.25, 0.3) is 0 Å². The van der Waals surface area contributed by atoms with Gasteiger partial charge in [-0.15, -0.1) is 0 Å². The first-order chi connectivity index (χ1) is 9.25. The maximum absolute atomic E-state index is 5.41. The van der Waals surface area contributed by atoms with Gasteiger partial charge in [0.1, 0.15) is 18.2 Å². The third-order valence-electron chi connectivity index (χ3n) is 3.26. The van der Waals surface area contributed by atoms with E-state index in [4.69, 9.17) is 15.3 Å². The highest BCUT2D eigenvalue weighted by atomic mass is 16.5. The Labute approximate surface area is 112 Å². The van der Waals surface area contributed by atoms with Crippen LogP contribution in [0, 0.1) is 0 Å². The molecule has 7 heteroatoms. The van der Waals surface area contributed by atoms with E-state index in [1.807, 2.05) is 0 Å². The molecule has 1 aromatic rings. The summed E-state index contributed by atoms with van der Waals surface area (Å²) < 4.78 is 10.4. The maximum Gasteiger partial charge on any atom is 0.158 e. The average molecular weight is 267 g/mol. The Morgan fingerprint density at radius 1 is 1.32 bits per heavy atom. The maximum atomic E-state index is 5.41. The lowest BCUT2D eigenvalue weighted by molar-refractivity contribution is 0.108. The molecule has 1 aliphatic rings. The second kappa shape index (κ2) is 6.65. The summed E-state index contributed by atoms with van der Waals surface area (Å²) in [5.74, 6) is 7.34. The van der Waals surface area contributed by atoms with E-state index in [9.17, 15) is 0 Å². The number of hydrogen-bond acceptors (Lipinski definition) is 7. The Balaban J connectivity index is 2.04. The first kappa shape index (κ1) is 14.0. The largest absolute Gasteiger partial charge is 0.381 e. The smallest absolute Gasteiger partial charge is 0.158 e. The molecule has 19 heavy (non-hydrogen) atoms. The van der Waals surface area contributed by atoms with Gasteiger partial charge in [-0.2, -0.15) is 0 Å². The molecule has 0 radical (unpaired) electrons. The fraction of sp³-hybridized carbons (Fsp3) is 0.667. The number of hydrazine groups is 1. The highest BCUT2D eigenvalue weighted by Gasteiger charge is 2.24. The summed E-state index contributed by atoms with van der Waals surface area (Å²) >= 11 is 0. The molecule has 1 heterocycles. The first-order valence-corrected chi connectivity index (χ1v) is 6.38. The fourth-order valence-electron chi connectivity index (χ4n) is 2.33. The number of rotatable bonds is 6. The van der Waals surface area contributed by atoms with Crippen molar-refractivity contribution in [2.45, 2.75) is 38.0 Å². The van der Waals surface area contributed by atoms with Crippen LogP contribution < -0.4 is 16.6 Å². The van der Waals surface area contributed by atoms with Crippen molar-refractivity contribution in [1.82, 2.24) is 9.97 Å². The lowest BCUT2D eigenvalue weighted by atomic mass is 10.2. The number of methoxy groups -OCH3 is 2. The van der Waals surface area contributed by atoms with Crippen LogP contribution in [0.1, 0.15) is 25.1 Å². The van der Waals surface area contributed by atoms with Crippen LogP contribution in [0.3, 0.4) is 0 Å². The van der Waals surface area contributed by atoms with Crippen LogP contribution in [0.4, 0.5) is 11.6 Å². The molecule has 0 amide bonds. The average Bonchev–Trinajstić information content (AvgIpc) is 2.86. The molecule has 1 aliphatic carbocycles. The molecule has 4 N–H and O–H groups in total. The van der Waals surface area contributed by atoms with Crippen LogP contribution in [-0.4, -0.2) is 36.3 Å². The topological polar surface area (TPSA) is 94.3 Å². The number of ether oxygens (including phenoxy) is 2. The van der Waals surface area contributed by atoms with Crippen molar-refractivity contribution in [2.24, 2.45) is 5.84 Å². The molecule has 0 aliphatic heterocycles. The minimum Gasteiger partial charge on any atom is -0.381 e. The zero-order valence-electron chi connectivity index (χ0n) is 11.3. The molecule has 1 saturated carbocycles. The van der Waals surface area contributed by atoms with Gasteiger partial charge in [-0.25, -0.2) is 15.8 Å². The van der Waals surface area contributed by atoms with Gasteiger partial charge in [0.15, 0.2) is 5.82 Å². The van der Waals surface area contributed by atoms with E-state index in [1.54, 1.807) is 20.3 Å². The number of anilines is 2. The van der Waals surface area contributed by atoms with Crippen molar-refractivity contribution in [3.63, 3.8) is 0 Å². The predicted octanol–water partition coefficient (Wildman–Crippen LogP) is 0.888. The lowest BCUT2D eigenvalue weighted by Crippen LogP contribution is -2.19. The number of nitrogens with zero attached hydrogens (tertiary/aromatic N) is 2. The molecule has 2 atom stereocenters. The molecule has 0 aromatic carbocycles. The summed E-state index contributed by atoms with van der Waals surface area (Å²) in [6.45, 7) is 0.357. The van der Waals surface area contributed by atoms with Gasteiger partial charge in [-0.05, 0) is 19.3 Å². The van der Waals surface area contributed by atoms with E-state index in [1.165, 1.54) is 0 Å². The number of nitrogens with one attached hydrogen (secondary N) is 2. The van der Waals surface area contributed by atoms with Gasteiger partial charge in [0.2, 0.25) is 0 Å². The summed E-state index contributed by atoms with van der Waals surface area (Å²) in [5.41, 5.74) is 2.54. The minimum absolute atomic E-state index is 0.338. The van der Waals surface area contributed by atoms with Crippen LogP contribution in [0.15, 0.2) is 6.07 Å². The number of hydrogen-bond donors (Lipinski definition) is 3. The van der Waals surface area contributed by atoms with Crippen molar-refractivity contribution >= 4 is 11.6 Å². The fourth-order valence-corrected chi connectivity index (χ4v) is 2.33. The van der Waals surface area contributed by atoms with Gasteiger partial charge >= 0.3 is 0 Å². The van der Waals surface area contributed by atoms with E-state index in [-0.39, 0.29) is 0 Å². The molecule has 0 bridgehead atoms. The third kappa shape index (κ3) is 3.76. The molecular formula is C12H21N5O2. The minimum atomic E-state index is 0.338. The Morgan fingerprint density at radius 3 is 2.74 bits per heavy atom. The van der Waals surface area contributed by atoms with E-state index >= 15 is 0 Å². The highest BCUT2D eigenvalue weighted by Crippen LogP contribution is 2.24. The quantitative estimate of drug-likeness (QED) is 0.520. The Hall–Kier alpha value is -1.44. The third-order valence-corrected chi connectivity index (χ3v) is 3.26. The monoisotopic (exact) mass is 267 g/mol. The lowest BCUT2D eigenvalue weighted by Gasteiger charge is -2.15. The predicted molar refractivity (Wildman–Crippen MR) is 72.6 cm³/mol. The second-order valence-electron chi connectivity index (χ2n) is 4.64. The zero-order chi connectivity index (χ0) is 13.7. The highest BCUT2D eigenvalue weighted by molar-refractivity contribution is 5.47. The normalized spacial score (nSPS) is 22.5. The van der Waals surface area contributed by atoms with E-state index in [0.29, 0.717) is 30.4 Å². The van der Waals surface area contributed by atoms with Crippen LogP contribution >= 0.6 is 0 Å². The van der Waals surface area contributed by atoms with Crippen LogP contribution in [0.25, 0.3) is 0 Å². The van der Waals surface area contributed by atoms with Gasteiger partial charge in [0.05, 0.1) is 6.10 Å². The Bertz CT molecular complexity index is 415. The Kier molecular flexibility index (Phi) is 4.89. The van der Waals surface area contributed by atoms with Gasteiger partial charge in [-0.1, -0.05) is 0 Å². The zero-order valence-corrected chi connectivity index (χ0v) is 11.3. The van der Waals surface area contributed by atoms with Crippen molar-refractivity contribution in [3.05, 3.63) is 11.9 Å². The molecule has 2 rings (SSSR count). The summed E-state index contributed by atoms with van der Waals surface area (Å²) in [6, 6.07) is 2.17. The molecule has 2 unspecified atom stereocenters. The van der Waals surface area contributed by atoms with Crippen molar-refractivity contribution in [3.8, 4) is 0 Å². The molecule has 0 saturated heterocycles. The summed E-state index contributed by atoms with van der Waals surface area (Å²) in [7, 11) is 3.37. The molecule has 106 valence electrons. The summed E-state index contributed by atoms with van der Waals surface area (Å²) in [5, 5.41) is 3.40. The van der Waals surface area contributed by atoms with E-state index in [0.717, 1.165) is 25.1 Å². The van der Waals surface area contributed by atoms with Gasteiger partial charge in [0, 0.05) is 26.3 Å².